The second kappa shape index (κ2) is 30.8. The van der Waals surface area contributed by atoms with Gasteiger partial charge in [0.25, 0.3) is 0 Å². The first-order valence-corrected chi connectivity index (χ1v) is 7.42. The second-order valence-electron chi connectivity index (χ2n) is 4.91. The van der Waals surface area contributed by atoms with E-state index in [9.17, 15) is 39.9 Å². The van der Waals surface area contributed by atoms with Gasteiger partial charge in [-0.25, -0.2) is 0 Å². The van der Waals surface area contributed by atoms with Crippen LogP contribution in [0.5, 0.6) is 0 Å². The number of ether oxygens (including phenoxy) is 1. The Bertz CT molecular complexity index is 239. The molecule has 0 radical (unpaired) electrons. The molecular weight excluding hydrogens is 400 g/mol. The van der Waals surface area contributed by atoms with Crippen molar-refractivity contribution in [2.24, 2.45) is 5.41 Å². The van der Waals surface area contributed by atoms with E-state index in [1.54, 1.807) is 14.2 Å². The zero-order chi connectivity index (χ0) is 23.2. The molecule has 0 unspecified atom stereocenters. The van der Waals surface area contributed by atoms with E-state index >= 15 is 0 Å². The van der Waals surface area contributed by atoms with Crippen LogP contribution in [-0.2, 0) is 9.53 Å². The highest BCUT2D eigenvalue weighted by Gasteiger charge is 2.64. The molecule has 0 aliphatic carbocycles. The summed E-state index contributed by atoms with van der Waals surface area (Å²) in [6.07, 6.45) is -9.24. The number of alkyl halides is 8. The molecule has 2 nitrogen and oxygen atoms in total. The number of carbonyl (C=O) groups excluding carboxylic acids is 1. The van der Waals surface area contributed by atoms with Crippen LogP contribution in [0.2, 0.25) is 0 Å². The molecule has 28 heavy (non-hydrogen) atoms. The highest BCUT2D eigenvalue weighted by molar-refractivity contribution is 5.72. The summed E-state index contributed by atoms with van der Waals surface area (Å²) in [5, 5.41) is 0. The number of methoxy groups -OCH3 is 1. The fraction of sp³-hybridized carbons (Fsp3) is 0.944. The van der Waals surface area contributed by atoms with Gasteiger partial charge in [-0.05, 0) is 34.6 Å². The number of rotatable bonds is 0. The van der Waals surface area contributed by atoms with Crippen LogP contribution in [-0.4, -0.2) is 46.2 Å². The van der Waals surface area contributed by atoms with E-state index in [0.29, 0.717) is 7.18 Å². The number of carbonyl (C=O) groups is 1. The number of Topliss-reactive ketones (excluding diaryl/α,β-unsaturated/α-hetero) is 1. The quantitative estimate of drug-likeness (QED) is 0.353. The Morgan fingerprint density at radius 3 is 0.857 bits per heavy atom. The van der Waals surface area contributed by atoms with Crippen LogP contribution in [0, 0.1) is 5.41 Å². The van der Waals surface area contributed by atoms with Crippen molar-refractivity contribution in [3.8, 4) is 0 Å². The summed E-state index contributed by atoms with van der Waals surface area (Å²) in [6, 6.07) is 0. The van der Waals surface area contributed by atoms with Crippen molar-refractivity contribution < 1.29 is 44.7 Å². The maximum Gasteiger partial charge on any atom is 0.402 e. The van der Waals surface area contributed by atoms with E-state index in [0.717, 1.165) is 0 Å². The molecular formula is C18H42F8O2. The third kappa shape index (κ3) is 49.8. The molecule has 0 aromatic heterocycles. The Labute approximate surface area is 167 Å². The van der Waals surface area contributed by atoms with E-state index in [1.807, 2.05) is 0 Å². The number of halogens is 8. The molecule has 0 N–H and O–H groups in total. The van der Waals surface area contributed by atoms with Gasteiger partial charge in [0.1, 0.15) is 5.78 Å². The normalized spacial score (nSPS) is 9.07. The molecule has 0 atom stereocenters. The standard InChI is InChI=1S/C5H6F6.C3H6O.C3H8.C2H5F.C2H6O.CH3F.2CH4/c1-3(2,4(6,7)8)5(9,10)11;1-3(2)4;1-3-2;1-2-3;1-3-2;1-2;;/h1-2H3;1-2H3;3H2,1-2H3;2H2,1H3;1-2H3;1H3;2*1H4. The Hall–Kier alpha value is -0.930. The summed E-state index contributed by atoms with van der Waals surface area (Å²) >= 11 is 0. The molecule has 0 aliphatic heterocycles. The molecule has 0 fully saturated rings. The van der Waals surface area contributed by atoms with Gasteiger partial charge < -0.3 is 9.53 Å². The Morgan fingerprint density at radius 1 is 0.786 bits per heavy atom. The Balaban J connectivity index is -0.0000000331. The van der Waals surface area contributed by atoms with E-state index < -0.39 is 17.8 Å². The summed E-state index contributed by atoms with van der Waals surface area (Å²) < 4.78 is 93.7. The highest BCUT2D eigenvalue weighted by Crippen LogP contribution is 2.49. The average molecular weight is 443 g/mol. The second-order valence-corrected chi connectivity index (χ2v) is 4.91. The molecule has 0 saturated heterocycles. The molecule has 0 rings (SSSR count). The molecule has 0 saturated carbocycles. The van der Waals surface area contributed by atoms with Crippen LogP contribution in [0.3, 0.4) is 0 Å². The van der Waals surface area contributed by atoms with Crippen molar-refractivity contribution in [2.75, 3.05) is 28.1 Å². The minimum Gasteiger partial charge on any atom is -0.388 e. The molecule has 182 valence electrons. The predicted molar refractivity (Wildman–Crippen MR) is 103 cm³/mol. The summed E-state index contributed by atoms with van der Waals surface area (Å²) in [7, 11) is 3.75. The molecule has 0 aromatic carbocycles. The highest BCUT2D eigenvalue weighted by atomic mass is 19.4. The fourth-order valence-electron chi connectivity index (χ4n) is 0.161. The van der Waals surface area contributed by atoms with Crippen molar-refractivity contribution in [1.29, 1.82) is 0 Å². The predicted octanol–water partition coefficient (Wildman–Crippen LogP) is 8.25. The Morgan fingerprint density at radius 2 is 0.857 bits per heavy atom. The van der Waals surface area contributed by atoms with Crippen molar-refractivity contribution >= 4 is 5.78 Å². The van der Waals surface area contributed by atoms with Crippen molar-refractivity contribution in [3.05, 3.63) is 0 Å². The molecule has 0 spiro atoms. The minimum atomic E-state index is -5.24. The number of ketones is 1. The van der Waals surface area contributed by atoms with Crippen molar-refractivity contribution in [2.45, 2.75) is 82.1 Å². The third-order valence-corrected chi connectivity index (χ3v) is 1.42. The van der Waals surface area contributed by atoms with Crippen LogP contribution in [0.1, 0.15) is 69.7 Å². The molecule has 0 aromatic rings. The van der Waals surface area contributed by atoms with E-state index in [4.69, 9.17) is 0 Å². The molecule has 0 bridgehead atoms. The van der Waals surface area contributed by atoms with Gasteiger partial charge in [-0.15, -0.1) is 0 Å². The van der Waals surface area contributed by atoms with Crippen LogP contribution in [0.4, 0.5) is 35.1 Å². The summed E-state index contributed by atoms with van der Waals surface area (Å²) in [6.45, 7) is 8.72. The lowest BCUT2D eigenvalue weighted by Crippen LogP contribution is -2.44. The summed E-state index contributed by atoms with van der Waals surface area (Å²) in [4.78, 5) is 9.44. The SMILES string of the molecule is C.C.CC(C)(C(F)(F)F)C(F)(F)F.CC(C)=O.CCC.CCF.CF.COC. The maximum atomic E-state index is 11.6. The zero-order valence-corrected chi connectivity index (χ0v) is 17.3. The van der Waals surface area contributed by atoms with E-state index in [1.165, 1.54) is 27.2 Å². The summed E-state index contributed by atoms with van der Waals surface area (Å²) in [5.74, 6) is 0.167. The minimum absolute atomic E-state index is 0. The summed E-state index contributed by atoms with van der Waals surface area (Å²) in [5.41, 5.74) is -3.62. The smallest absolute Gasteiger partial charge is 0.388 e. The van der Waals surface area contributed by atoms with E-state index in [-0.39, 0.29) is 41.2 Å². The maximum absolute atomic E-state index is 11.6. The van der Waals surface area contributed by atoms with Gasteiger partial charge in [-0.2, -0.15) is 26.3 Å². The number of hydrogen-bond donors (Lipinski definition) is 0. The van der Waals surface area contributed by atoms with Gasteiger partial charge in [0.15, 0.2) is 5.41 Å². The van der Waals surface area contributed by atoms with Gasteiger partial charge >= 0.3 is 12.4 Å². The number of hydrogen-bond acceptors (Lipinski definition) is 2. The first-order valence-electron chi connectivity index (χ1n) is 7.42. The lowest BCUT2D eigenvalue weighted by atomic mass is 9.92. The van der Waals surface area contributed by atoms with Crippen LogP contribution < -0.4 is 0 Å². The van der Waals surface area contributed by atoms with Crippen LogP contribution in [0.25, 0.3) is 0 Å². The molecule has 0 amide bonds. The van der Waals surface area contributed by atoms with Gasteiger partial charge in [-0.1, -0.05) is 35.1 Å². The molecule has 0 heterocycles. The lowest BCUT2D eigenvalue weighted by Gasteiger charge is -2.29. The Kier molecular flexibility index (Phi) is 55.6. The van der Waals surface area contributed by atoms with Crippen LogP contribution in [0.15, 0.2) is 0 Å². The molecule has 10 heteroatoms. The first-order chi connectivity index (χ1) is 11.5. The monoisotopic (exact) mass is 442 g/mol. The average Bonchev–Trinajstić information content (AvgIpc) is 2.40. The van der Waals surface area contributed by atoms with Crippen molar-refractivity contribution in [3.63, 3.8) is 0 Å². The zero-order valence-electron chi connectivity index (χ0n) is 17.3. The molecule has 0 aliphatic rings. The fourth-order valence-corrected chi connectivity index (χ4v) is 0.161. The largest absolute Gasteiger partial charge is 0.402 e. The van der Waals surface area contributed by atoms with Gasteiger partial charge in [0, 0.05) is 14.2 Å². The topological polar surface area (TPSA) is 26.3 Å². The first kappa shape index (κ1) is 50.6. The van der Waals surface area contributed by atoms with Crippen LogP contribution >= 0.6 is 0 Å². The third-order valence-electron chi connectivity index (χ3n) is 1.42. The van der Waals surface area contributed by atoms with Gasteiger partial charge in [0.05, 0.1) is 13.9 Å². The van der Waals surface area contributed by atoms with E-state index in [2.05, 4.69) is 18.6 Å². The van der Waals surface area contributed by atoms with Gasteiger partial charge in [-0.3, -0.25) is 8.78 Å². The van der Waals surface area contributed by atoms with Gasteiger partial charge in [0.2, 0.25) is 0 Å². The lowest BCUT2D eigenvalue weighted by molar-refractivity contribution is -0.327. The van der Waals surface area contributed by atoms with Crippen molar-refractivity contribution in [1.82, 2.24) is 0 Å².